The molecule has 3 amide bonds. The third kappa shape index (κ3) is 5.65. The van der Waals surface area contributed by atoms with Crippen molar-refractivity contribution in [2.45, 2.75) is 13.0 Å². The molecule has 0 saturated carbocycles. The number of nitrogens with one attached hydrogen (secondary N) is 1. The molecule has 0 unspecified atom stereocenters. The Hall–Kier alpha value is -3.35. The van der Waals surface area contributed by atoms with Crippen LogP contribution in [-0.2, 0) is 11.3 Å². The highest BCUT2D eigenvalue weighted by molar-refractivity contribution is 5.93. The third-order valence-corrected chi connectivity index (χ3v) is 3.44. The zero-order valence-corrected chi connectivity index (χ0v) is 13.5. The molecule has 0 saturated heterocycles. The molecule has 0 atom stereocenters. The Bertz CT molecular complexity index is 772. The van der Waals surface area contributed by atoms with E-state index in [1.54, 1.807) is 42.5 Å². The van der Waals surface area contributed by atoms with Gasteiger partial charge < -0.3 is 21.5 Å². The van der Waals surface area contributed by atoms with E-state index in [1.165, 1.54) is 6.07 Å². The molecule has 0 heterocycles. The van der Waals surface area contributed by atoms with Crippen molar-refractivity contribution in [2.75, 3.05) is 6.61 Å². The van der Waals surface area contributed by atoms with E-state index in [0.29, 0.717) is 23.4 Å². The van der Waals surface area contributed by atoms with Gasteiger partial charge in [0.15, 0.2) is 0 Å². The lowest BCUT2D eigenvalue weighted by molar-refractivity contribution is -0.121. The predicted molar refractivity (Wildman–Crippen MR) is 91.9 cm³/mol. The fourth-order valence-corrected chi connectivity index (χ4v) is 2.08. The average molecular weight is 341 g/mol. The number of carbonyl (C=O) groups excluding carboxylic acids is 3. The summed E-state index contributed by atoms with van der Waals surface area (Å²) in [5, 5.41) is 2.75. The number of amides is 3. The molecule has 0 spiro atoms. The number of ether oxygens (including phenoxy) is 1. The van der Waals surface area contributed by atoms with Gasteiger partial charge in [-0.25, -0.2) is 0 Å². The molecule has 7 nitrogen and oxygen atoms in total. The van der Waals surface area contributed by atoms with Crippen molar-refractivity contribution < 1.29 is 19.1 Å². The number of carbonyl (C=O) groups is 3. The second kappa shape index (κ2) is 8.49. The van der Waals surface area contributed by atoms with Gasteiger partial charge in [0.05, 0.1) is 13.0 Å². The highest BCUT2D eigenvalue weighted by Gasteiger charge is 2.05. The van der Waals surface area contributed by atoms with Crippen LogP contribution in [0.1, 0.15) is 32.7 Å². The highest BCUT2D eigenvalue weighted by atomic mass is 16.5. The van der Waals surface area contributed by atoms with Gasteiger partial charge in [-0.3, -0.25) is 14.4 Å². The largest absolute Gasteiger partial charge is 0.493 e. The third-order valence-electron chi connectivity index (χ3n) is 3.44. The lowest BCUT2D eigenvalue weighted by atomic mass is 10.1. The first-order valence-corrected chi connectivity index (χ1v) is 7.64. The van der Waals surface area contributed by atoms with Gasteiger partial charge in [-0.05, 0) is 35.9 Å². The molecule has 0 aliphatic heterocycles. The van der Waals surface area contributed by atoms with Crippen LogP contribution in [0.5, 0.6) is 5.75 Å². The van der Waals surface area contributed by atoms with E-state index < -0.39 is 11.8 Å². The summed E-state index contributed by atoms with van der Waals surface area (Å²) in [6.45, 7) is 0.518. The minimum Gasteiger partial charge on any atom is -0.493 e. The number of hydrogen-bond acceptors (Lipinski definition) is 4. The fourth-order valence-electron chi connectivity index (χ4n) is 2.08. The van der Waals surface area contributed by atoms with Gasteiger partial charge in [0.1, 0.15) is 5.75 Å². The first-order chi connectivity index (χ1) is 12.0. The van der Waals surface area contributed by atoms with Crippen molar-refractivity contribution in [3.63, 3.8) is 0 Å². The number of hydrogen-bond donors (Lipinski definition) is 3. The molecule has 2 aromatic carbocycles. The number of rotatable bonds is 8. The zero-order chi connectivity index (χ0) is 18.2. The van der Waals surface area contributed by atoms with Crippen LogP contribution in [-0.4, -0.2) is 24.3 Å². The fraction of sp³-hybridized carbons (Fsp3) is 0.167. The molecule has 0 fully saturated rings. The highest BCUT2D eigenvalue weighted by Crippen LogP contribution is 2.13. The first-order valence-electron chi connectivity index (χ1n) is 7.64. The molecular weight excluding hydrogens is 322 g/mol. The first kappa shape index (κ1) is 18.0. The molecule has 7 heteroatoms. The molecule has 2 rings (SSSR count). The normalized spacial score (nSPS) is 10.1. The lowest BCUT2D eigenvalue weighted by Gasteiger charge is -2.08. The van der Waals surface area contributed by atoms with Crippen LogP contribution in [0.4, 0.5) is 0 Å². The van der Waals surface area contributed by atoms with Crippen molar-refractivity contribution in [3.05, 3.63) is 65.2 Å². The van der Waals surface area contributed by atoms with Gasteiger partial charge in [0.25, 0.3) is 0 Å². The quantitative estimate of drug-likeness (QED) is 0.661. The summed E-state index contributed by atoms with van der Waals surface area (Å²) in [6, 6.07) is 13.1. The van der Waals surface area contributed by atoms with E-state index in [0.717, 1.165) is 5.56 Å². The van der Waals surface area contributed by atoms with Crippen molar-refractivity contribution in [3.8, 4) is 5.75 Å². The average Bonchev–Trinajstić information content (AvgIpc) is 2.60. The molecule has 0 aromatic heterocycles. The standard InChI is InChI=1S/C18H19N3O4/c19-17(23)13-6-4-12(5-7-13)11-21-16(22)8-9-25-15-3-1-2-14(10-15)18(20)24/h1-7,10H,8-9,11H2,(H2,19,23)(H2,20,24)(H,21,22). The van der Waals surface area contributed by atoms with Crippen molar-refractivity contribution in [2.24, 2.45) is 11.5 Å². The Morgan fingerprint density at radius 3 is 2.24 bits per heavy atom. The summed E-state index contributed by atoms with van der Waals surface area (Å²) >= 11 is 0. The van der Waals surface area contributed by atoms with E-state index in [1.807, 2.05) is 0 Å². The van der Waals surface area contributed by atoms with Gasteiger partial charge in [0.2, 0.25) is 17.7 Å². The zero-order valence-electron chi connectivity index (χ0n) is 13.5. The minimum absolute atomic E-state index is 0.167. The van der Waals surface area contributed by atoms with Gasteiger partial charge in [-0.2, -0.15) is 0 Å². The van der Waals surface area contributed by atoms with Crippen LogP contribution in [0.2, 0.25) is 0 Å². The van der Waals surface area contributed by atoms with Crippen LogP contribution >= 0.6 is 0 Å². The van der Waals surface area contributed by atoms with Gasteiger partial charge in [-0.1, -0.05) is 18.2 Å². The molecule has 0 aliphatic rings. The van der Waals surface area contributed by atoms with Gasteiger partial charge in [-0.15, -0.1) is 0 Å². The molecule has 25 heavy (non-hydrogen) atoms. The second-order valence-electron chi connectivity index (χ2n) is 5.33. The van der Waals surface area contributed by atoms with Gasteiger partial charge in [0, 0.05) is 17.7 Å². The molecule has 0 bridgehead atoms. The molecular formula is C18H19N3O4. The Morgan fingerprint density at radius 1 is 0.920 bits per heavy atom. The van der Waals surface area contributed by atoms with E-state index >= 15 is 0 Å². The van der Waals surface area contributed by atoms with Crippen molar-refractivity contribution in [1.82, 2.24) is 5.32 Å². The minimum atomic E-state index is -0.537. The number of nitrogens with two attached hydrogens (primary N) is 2. The topological polar surface area (TPSA) is 125 Å². The summed E-state index contributed by atoms with van der Waals surface area (Å²) in [6.07, 6.45) is 0.167. The van der Waals surface area contributed by atoms with E-state index in [9.17, 15) is 14.4 Å². The summed E-state index contributed by atoms with van der Waals surface area (Å²) < 4.78 is 5.44. The van der Waals surface area contributed by atoms with Crippen LogP contribution in [0.15, 0.2) is 48.5 Å². The van der Waals surface area contributed by atoms with Crippen LogP contribution in [0, 0.1) is 0 Å². The van der Waals surface area contributed by atoms with Gasteiger partial charge >= 0.3 is 0 Å². The molecule has 130 valence electrons. The molecule has 0 radical (unpaired) electrons. The SMILES string of the molecule is NC(=O)c1ccc(CNC(=O)CCOc2cccc(C(N)=O)c2)cc1. The molecule has 0 aliphatic carbocycles. The summed E-state index contributed by atoms with van der Waals surface area (Å²) in [4.78, 5) is 33.9. The molecule has 2 aromatic rings. The number of primary amides is 2. The van der Waals surface area contributed by atoms with Crippen LogP contribution < -0.4 is 21.5 Å². The Kier molecular flexibility index (Phi) is 6.11. The van der Waals surface area contributed by atoms with Crippen LogP contribution in [0.25, 0.3) is 0 Å². The van der Waals surface area contributed by atoms with Crippen molar-refractivity contribution in [1.29, 1.82) is 0 Å². The maximum atomic E-state index is 11.8. The van der Waals surface area contributed by atoms with E-state index in [4.69, 9.17) is 16.2 Å². The Morgan fingerprint density at radius 2 is 1.60 bits per heavy atom. The Balaban J connectivity index is 1.74. The lowest BCUT2D eigenvalue weighted by Crippen LogP contribution is -2.24. The summed E-state index contributed by atoms with van der Waals surface area (Å²) in [5.41, 5.74) is 12.0. The van der Waals surface area contributed by atoms with Crippen molar-refractivity contribution >= 4 is 17.7 Å². The van der Waals surface area contributed by atoms with Crippen LogP contribution in [0.3, 0.4) is 0 Å². The summed E-state index contributed by atoms with van der Waals surface area (Å²) in [5.74, 6) is -0.727. The van der Waals surface area contributed by atoms with E-state index in [2.05, 4.69) is 5.32 Å². The maximum Gasteiger partial charge on any atom is 0.248 e. The summed E-state index contributed by atoms with van der Waals surface area (Å²) in [7, 11) is 0. The van der Waals surface area contributed by atoms with E-state index in [-0.39, 0.29) is 18.9 Å². The monoisotopic (exact) mass is 341 g/mol. The second-order valence-corrected chi connectivity index (χ2v) is 5.33. The number of benzene rings is 2. The smallest absolute Gasteiger partial charge is 0.248 e. The predicted octanol–water partition coefficient (Wildman–Crippen LogP) is 0.970. The Labute approximate surface area is 145 Å². The molecule has 5 N–H and O–H groups in total. The maximum absolute atomic E-state index is 11.8.